The van der Waals surface area contributed by atoms with Crippen LogP contribution in [0.2, 0.25) is 0 Å². The van der Waals surface area contributed by atoms with E-state index in [0.717, 1.165) is 39.1 Å². The molecule has 2 aliphatic heterocycles. The fourth-order valence-electron chi connectivity index (χ4n) is 4.14. The van der Waals surface area contributed by atoms with Crippen LogP contribution >= 0.6 is 11.3 Å². The Morgan fingerprint density at radius 1 is 1.40 bits per heavy atom. The first-order valence-electron chi connectivity index (χ1n) is 8.94. The predicted octanol–water partition coefficient (Wildman–Crippen LogP) is 2.50. The van der Waals surface area contributed by atoms with E-state index in [9.17, 15) is 4.79 Å². The summed E-state index contributed by atoms with van der Waals surface area (Å²) in [5, 5.41) is 5.19. The Kier molecular flexibility index (Phi) is 4.67. The zero-order chi connectivity index (χ0) is 17.3. The van der Waals surface area contributed by atoms with Crippen molar-refractivity contribution in [2.75, 3.05) is 26.2 Å². The zero-order valence-corrected chi connectivity index (χ0v) is 15.4. The molecule has 1 amide bonds. The highest BCUT2D eigenvalue weighted by Crippen LogP contribution is 2.42. The van der Waals surface area contributed by atoms with E-state index in [1.54, 1.807) is 0 Å². The maximum Gasteiger partial charge on any atom is 0.267 e. The lowest BCUT2D eigenvalue weighted by molar-refractivity contribution is -0.136. The van der Waals surface area contributed by atoms with Gasteiger partial charge in [-0.25, -0.2) is 0 Å². The van der Waals surface area contributed by atoms with Crippen LogP contribution in [0.5, 0.6) is 0 Å². The van der Waals surface area contributed by atoms with Crippen molar-refractivity contribution in [1.82, 2.24) is 14.8 Å². The molecule has 2 fully saturated rings. The molecule has 1 spiro atoms. The summed E-state index contributed by atoms with van der Waals surface area (Å²) in [5.41, 5.74) is 0.732. The number of hydrogen-bond acceptors (Lipinski definition) is 4. The summed E-state index contributed by atoms with van der Waals surface area (Å²) in [6.07, 6.45) is 3.99. The van der Waals surface area contributed by atoms with Crippen LogP contribution in [-0.4, -0.2) is 47.2 Å². The number of ether oxygens (including phenoxy) is 1. The predicted molar refractivity (Wildman–Crippen MR) is 98.7 cm³/mol. The van der Waals surface area contributed by atoms with Crippen molar-refractivity contribution in [3.63, 3.8) is 0 Å². The number of aryl methyl sites for hydroxylation is 1. The maximum atomic E-state index is 12.2. The third-order valence-electron chi connectivity index (χ3n) is 5.50. The molecule has 5 nitrogen and oxygen atoms in total. The Hall–Kier alpha value is -1.63. The number of aromatic nitrogens is 1. The van der Waals surface area contributed by atoms with Crippen LogP contribution in [-0.2, 0) is 18.3 Å². The van der Waals surface area contributed by atoms with Gasteiger partial charge >= 0.3 is 0 Å². The molecule has 2 aliphatic rings. The molecule has 25 heavy (non-hydrogen) atoms. The van der Waals surface area contributed by atoms with Gasteiger partial charge in [-0.05, 0) is 42.3 Å². The summed E-state index contributed by atoms with van der Waals surface area (Å²) in [7, 11) is 1.89. The van der Waals surface area contributed by atoms with E-state index in [1.165, 1.54) is 4.88 Å². The number of hydrogen-bond donors (Lipinski definition) is 1. The summed E-state index contributed by atoms with van der Waals surface area (Å²) in [5.74, 6) is 0.550. The minimum Gasteiger partial charge on any atom is -0.372 e. The van der Waals surface area contributed by atoms with E-state index in [2.05, 4.69) is 27.7 Å². The van der Waals surface area contributed by atoms with Gasteiger partial charge in [0.25, 0.3) is 5.91 Å². The first-order chi connectivity index (χ1) is 12.2. The first kappa shape index (κ1) is 16.8. The van der Waals surface area contributed by atoms with Crippen LogP contribution in [0.4, 0.5) is 0 Å². The molecule has 4 heterocycles. The van der Waals surface area contributed by atoms with Crippen LogP contribution < -0.4 is 5.32 Å². The standard InChI is InChI=1S/C19H25N3O2S/c1-21-9-2-5-17(21)18(23)20-8-6-15-7-10-24-19(15)13-22(14-19)12-16-4-3-11-25-16/h2-5,9,11,15H,6-8,10,12-14H2,1H3,(H,20,23)/t15-/m1/s1. The molecule has 1 atom stereocenters. The minimum atomic E-state index is 0.00777. The van der Waals surface area contributed by atoms with Gasteiger partial charge in [-0.1, -0.05) is 6.07 Å². The molecule has 0 bridgehead atoms. The number of amides is 1. The second-order valence-electron chi connectivity index (χ2n) is 7.17. The average molecular weight is 359 g/mol. The van der Waals surface area contributed by atoms with Gasteiger partial charge in [-0.2, -0.15) is 0 Å². The summed E-state index contributed by atoms with van der Waals surface area (Å²) in [6, 6.07) is 8.05. The van der Waals surface area contributed by atoms with Crippen molar-refractivity contribution in [3.05, 3.63) is 46.4 Å². The lowest BCUT2D eigenvalue weighted by atomic mass is 9.79. The second-order valence-corrected chi connectivity index (χ2v) is 8.20. The maximum absolute atomic E-state index is 12.2. The zero-order valence-electron chi connectivity index (χ0n) is 14.6. The van der Waals surface area contributed by atoms with Gasteiger partial charge in [0.05, 0.1) is 5.60 Å². The molecule has 2 aromatic heterocycles. The van der Waals surface area contributed by atoms with Crippen LogP contribution in [0.1, 0.15) is 28.2 Å². The lowest BCUT2D eigenvalue weighted by Crippen LogP contribution is -2.64. The number of carbonyl (C=O) groups excluding carboxylic acids is 1. The van der Waals surface area contributed by atoms with Crippen molar-refractivity contribution in [1.29, 1.82) is 0 Å². The van der Waals surface area contributed by atoms with Gasteiger partial charge < -0.3 is 14.6 Å². The SMILES string of the molecule is Cn1cccc1C(=O)NCC[C@@H]1CCOC12CN(Cc1cccs1)C2. The highest BCUT2D eigenvalue weighted by Gasteiger charge is 2.52. The van der Waals surface area contributed by atoms with Gasteiger partial charge in [-0.15, -0.1) is 11.3 Å². The van der Waals surface area contributed by atoms with E-state index in [-0.39, 0.29) is 11.5 Å². The van der Waals surface area contributed by atoms with Crippen molar-refractivity contribution >= 4 is 17.2 Å². The van der Waals surface area contributed by atoms with E-state index >= 15 is 0 Å². The molecule has 0 aliphatic carbocycles. The number of likely N-dealkylation sites (tertiary alicyclic amines) is 1. The molecule has 6 heteroatoms. The molecule has 2 saturated heterocycles. The lowest BCUT2D eigenvalue weighted by Gasteiger charge is -2.50. The Labute approximate surface area is 152 Å². The van der Waals surface area contributed by atoms with Gasteiger partial charge in [0.1, 0.15) is 5.69 Å². The number of thiophene rings is 1. The van der Waals surface area contributed by atoms with Gasteiger partial charge in [0.15, 0.2) is 0 Å². The topological polar surface area (TPSA) is 46.5 Å². The quantitative estimate of drug-likeness (QED) is 0.862. The fraction of sp³-hybridized carbons (Fsp3) is 0.526. The van der Waals surface area contributed by atoms with Crippen LogP contribution in [0.25, 0.3) is 0 Å². The number of nitrogens with zero attached hydrogens (tertiary/aromatic N) is 2. The van der Waals surface area contributed by atoms with E-state index in [0.29, 0.717) is 18.2 Å². The Bertz CT molecular complexity index is 719. The van der Waals surface area contributed by atoms with Gasteiger partial charge in [-0.3, -0.25) is 9.69 Å². The van der Waals surface area contributed by atoms with Crippen molar-refractivity contribution in [2.45, 2.75) is 25.0 Å². The van der Waals surface area contributed by atoms with Crippen LogP contribution in [0.15, 0.2) is 35.8 Å². The largest absolute Gasteiger partial charge is 0.372 e. The molecule has 0 aromatic carbocycles. The van der Waals surface area contributed by atoms with Gasteiger partial charge in [0, 0.05) is 50.9 Å². The molecule has 2 aromatic rings. The molecule has 0 saturated carbocycles. The highest BCUT2D eigenvalue weighted by molar-refractivity contribution is 7.09. The smallest absolute Gasteiger partial charge is 0.267 e. The average Bonchev–Trinajstić information content (AvgIpc) is 3.28. The van der Waals surface area contributed by atoms with E-state index in [4.69, 9.17) is 4.74 Å². The van der Waals surface area contributed by atoms with Crippen LogP contribution in [0.3, 0.4) is 0 Å². The van der Waals surface area contributed by atoms with E-state index in [1.807, 2.05) is 41.3 Å². The molecule has 0 radical (unpaired) electrons. The third kappa shape index (κ3) is 3.38. The Balaban J connectivity index is 1.25. The van der Waals surface area contributed by atoms with Crippen LogP contribution in [0, 0.1) is 5.92 Å². The molecule has 0 unspecified atom stereocenters. The first-order valence-corrected chi connectivity index (χ1v) is 9.82. The number of carbonyl (C=O) groups is 1. The minimum absolute atomic E-state index is 0.00777. The summed E-state index contributed by atoms with van der Waals surface area (Å²) < 4.78 is 7.98. The van der Waals surface area contributed by atoms with E-state index < -0.39 is 0 Å². The fourth-order valence-corrected chi connectivity index (χ4v) is 4.88. The number of rotatable bonds is 6. The second kappa shape index (κ2) is 6.94. The van der Waals surface area contributed by atoms with Crippen molar-refractivity contribution in [3.8, 4) is 0 Å². The van der Waals surface area contributed by atoms with Gasteiger partial charge in [0.2, 0.25) is 0 Å². The Morgan fingerprint density at radius 2 is 2.28 bits per heavy atom. The number of nitrogens with one attached hydrogen (secondary N) is 1. The molecular weight excluding hydrogens is 334 g/mol. The summed E-state index contributed by atoms with van der Waals surface area (Å²) in [6.45, 7) is 4.62. The summed E-state index contributed by atoms with van der Waals surface area (Å²) in [4.78, 5) is 16.1. The molecule has 1 N–H and O–H groups in total. The third-order valence-corrected chi connectivity index (χ3v) is 6.36. The Morgan fingerprint density at radius 3 is 3.00 bits per heavy atom. The monoisotopic (exact) mass is 359 g/mol. The molecule has 4 rings (SSSR count). The highest BCUT2D eigenvalue weighted by atomic mass is 32.1. The van der Waals surface area contributed by atoms with Crippen molar-refractivity contribution < 1.29 is 9.53 Å². The normalized spacial score (nSPS) is 22.2. The molecule has 134 valence electrons. The van der Waals surface area contributed by atoms with Crippen molar-refractivity contribution in [2.24, 2.45) is 13.0 Å². The summed E-state index contributed by atoms with van der Waals surface area (Å²) >= 11 is 1.82. The molecular formula is C19H25N3O2S.